The summed E-state index contributed by atoms with van der Waals surface area (Å²) in [7, 11) is 0. The van der Waals surface area contributed by atoms with E-state index in [4.69, 9.17) is 9.47 Å². The van der Waals surface area contributed by atoms with Crippen molar-refractivity contribution < 1.29 is 14.3 Å². The van der Waals surface area contributed by atoms with E-state index in [1.807, 2.05) is 32.0 Å². The van der Waals surface area contributed by atoms with Gasteiger partial charge in [0.1, 0.15) is 0 Å². The lowest BCUT2D eigenvalue weighted by Crippen LogP contribution is -2.35. The van der Waals surface area contributed by atoms with E-state index in [0.29, 0.717) is 26.2 Å². The van der Waals surface area contributed by atoms with Gasteiger partial charge in [0, 0.05) is 17.4 Å². The minimum Gasteiger partial charge on any atom is -0.348 e. The molecule has 1 aliphatic heterocycles. The van der Waals surface area contributed by atoms with Gasteiger partial charge in [-0.25, -0.2) is 4.79 Å². The van der Waals surface area contributed by atoms with Crippen molar-refractivity contribution in [1.29, 1.82) is 0 Å². The molecule has 20 heavy (non-hydrogen) atoms. The van der Waals surface area contributed by atoms with Crippen LogP contribution in [0.15, 0.2) is 22.7 Å². The molecule has 0 radical (unpaired) electrons. The highest BCUT2D eigenvalue weighted by atomic mass is 79.9. The molecule has 1 heterocycles. The molecule has 2 amide bonds. The van der Waals surface area contributed by atoms with E-state index in [0.717, 1.165) is 15.7 Å². The largest absolute Gasteiger partial charge is 0.348 e. The van der Waals surface area contributed by atoms with E-state index in [2.05, 4.69) is 26.6 Å². The monoisotopic (exact) mass is 342 g/mol. The first-order valence-corrected chi connectivity index (χ1v) is 7.37. The van der Waals surface area contributed by atoms with Crippen molar-refractivity contribution in [3.63, 3.8) is 0 Å². The van der Waals surface area contributed by atoms with E-state index in [9.17, 15) is 4.79 Å². The Morgan fingerprint density at radius 2 is 2.10 bits per heavy atom. The molecule has 1 aromatic carbocycles. The Morgan fingerprint density at radius 3 is 2.80 bits per heavy atom. The van der Waals surface area contributed by atoms with E-state index >= 15 is 0 Å². The normalized spacial score (nSPS) is 16.9. The second-order valence-electron chi connectivity index (χ2n) is 4.90. The Balaban J connectivity index is 1.79. The smallest absolute Gasteiger partial charge is 0.319 e. The van der Waals surface area contributed by atoms with Gasteiger partial charge < -0.3 is 20.1 Å². The number of anilines is 1. The second-order valence-corrected chi connectivity index (χ2v) is 5.69. The van der Waals surface area contributed by atoms with Crippen LogP contribution in [0.3, 0.4) is 0 Å². The third kappa shape index (κ3) is 3.94. The third-order valence-corrected chi connectivity index (χ3v) is 4.26. The number of nitrogens with one attached hydrogen (secondary N) is 2. The molecule has 1 aliphatic rings. The van der Waals surface area contributed by atoms with Crippen LogP contribution in [-0.4, -0.2) is 31.6 Å². The fourth-order valence-electron chi connectivity index (χ4n) is 2.01. The maximum absolute atomic E-state index is 11.8. The molecule has 1 aromatic rings. The molecule has 0 spiro atoms. The zero-order chi connectivity index (χ0) is 14.6. The summed E-state index contributed by atoms with van der Waals surface area (Å²) < 4.78 is 11.8. The summed E-state index contributed by atoms with van der Waals surface area (Å²) >= 11 is 3.46. The summed E-state index contributed by atoms with van der Waals surface area (Å²) in [5.74, 6) is -0.572. The fraction of sp³-hybridized carbons (Fsp3) is 0.500. The van der Waals surface area contributed by atoms with Crippen molar-refractivity contribution in [2.24, 2.45) is 0 Å². The number of aryl methyl sites for hydroxylation is 1. The lowest BCUT2D eigenvalue weighted by atomic mass is 10.2. The van der Waals surface area contributed by atoms with Crippen LogP contribution >= 0.6 is 15.9 Å². The van der Waals surface area contributed by atoms with E-state index in [1.165, 1.54) is 0 Å². The maximum atomic E-state index is 11.8. The topological polar surface area (TPSA) is 59.6 Å². The molecule has 110 valence electrons. The Kier molecular flexibility index (Phi) is 5.01. The summed E-state index contributed by atoms with van der Waals surface area (Å²) in [6.07, 6.45) is 0.620. The number of hydrogen-bond acceptors (Lipinski definition) is 3. The van der Waals surface area contributed by atoms with Gasteiger partial charge in [-0.3, -0.25) is 0 Å². The number of halogens is 1. The van der Waals surface area contributed by atoms with Gasteiger partial charge in [0.15, 0.2) is 5.79 Å². The maximum Gasteiger partial charge on any atom is 0.319 e. The van der Waals surface area contributed by atoms with Crippen LogP contribution in [0.25, 0.3) is 0 Å². The van der Waals surface area contributed by atoms with Crippen LogP contribution in [0.4, 0.5) is 10.5 Å². The zero-order valence-electron chi connectivity index (χ0n) is 11.7. The summed E-state index contributed by atoms with van der Waals surface area (Å²) in [4.78, 5) is 11.8. The van der Waals surface area contributed by atoms with Gasteiger partial charge in [-0.05, 0) is 41.4 Å². The number of benzene rings is 1. The molecule has 5 nitrogen and oxygen atoms in total. The molecule has 2 rings (SSSR count). The number of rotatable bonds is 4. The van der Waals surface area contributed by atoms with Gasteiger partial charge in [-0.15, -0.1) is 0 Å². The first-order chi connectivity index (χ1) is 9.50. The Labute approximate surface area is 127 Å². The van der Waals surface area contributed by atoms with E-state index in [-0.39, 0.29) is 6.03 Å². The number of carbonyl (C=O) groups is 1. The Morgan fingerprint density at radius 1 is 1.40 bits per heavy atom. The number of amides is 2. The second kappa shape index (κ2) is 6.56. The SMILES string of the molecule is Cc1cccc(NC(=O)NCCC2(C)OCCO2)c1Br. The number of urea groups is 1. The molecular weight excluding hydrogens is 324 g/mol. The van der Waals surface area contributed by atoms with Gasteiger partial charge in [-0.2, -0.15) is 0 Å². The van der Waals surface area contributed by atoms with Crippen molar-refractivity contribution in [3.05, 3.63) is 28.2 Å². The van der Waals surface area contributed by atoms with Gasteiger partial charge in [-0.1, -0.05) is 12.1 Å². The quantitative estimate of drug-likeness (QED) is 0.884. The zero-order valence-corrected chi connectivity index (χ0v) is 13.2. The Bertz CT molecular complexity index is 487. The standard InChI is InChI=1S/C14H19BrN2O3/c1-10-4-3-5-11(12(10)15)17-13(18)16-7-6-14(2)19-8-9-20-14/h3-5H,6-9H2,1-2H3,(H2,16,17,18). The molecule has 6 heteroatoms. The van der Waals surface area contributed by atoms with Gasteiger partial charge in [0.2, 0.25) is 0 Å². The van der Waals surface area contributed by atoms with Gasteiger partial charge in [0.05, 0.1) is 18.9 Å². The molecule has 0 aromatic heterocycles. The molecule has 0 unspecified atom stereocenters. The first kappa shape index (κ1) is 15.3. The van der Waals surface area contributed by atoms with Crippen LogP contribution in [0, 0.1) is 6.92 Å². The summed E-state index contributed by atoms with van der Waals surface area (Å²) in [6.45, 7) is 5.57. The van der Waals surface area contributed by atoms with Gasteiger partial charge in [0.25, 0.3) is 0 Å². The average molecular weight is 343 g/mol. The van der Waals surface area contributed by atoms with Crippen molar-refractivity contribution in [1.82, 2.24) is 5.32 Å². The predicted octanol–water partition coefficient (Wildman–Crippen LogP) is 3.03. The summed E-state index contributed by atoms with van der Waals surface area (Å²) in [5, 5.41) is 5.61. The fourth-order valence-corrected chi connectivity index (χ4v) is 2.38. The minimum absolute atomic E-state index is 0.238. The van der Waals surface area contributed by atoms with Crippen molar-refractivity contribution in [2.75, 3.05) is 25.1 Å². The van der Waals surface area contributed by atoms with Crippen molar-refractivity contribution >= 4 is 27.6 Å². The Hall–Kier alpha value is -1.11. The number of hydrogen-bond donors (Lipinski definition) is 2. The molecular formula is C14H19BrN2O3. The van der Waals surface area contributed by atoms with Gasteiger partial charge >= 0.3 is 6.03 Å². The predicted molar refractivity (Wildman–Crippen MR) is 80.8 cm³/mol. The highest BCUT2D eigenvalue weighted by Crippen LogP contribution is 2.25. The number of carbonyl (C=O) groups excluding carboxylic acids is 1. The summed E-state index contributed by atoms with van der Waals surface area (Å²) in [6, 6.07) is 5.49. The van der Waals surface area contributed by atoms with Crippen LogP contribution in [-0.2, 0) is 9.47 Å². The summed E-state index contributed by atoms with van der Waals surface area (Å²) in [5.41, 5.74) is 1.82. The van der Waals surface area contributed by atoms with E-state index < -0.39 is 5.79 Å². The third-order valence-electron chi connectivity index (χ3n) is 3.20. The van der Waals surface area contributed by atoms with Crippen LogP contribution in [0.5, 0.6) is 0 Å². The molecule has 2 N–H and O–H groups in total. The molecule has 1 fully saturated rings. The average Bonchev–Trinajstić information content (AvgIpc) is 2.82. The molecule has 0 saturated carbocycles. The number of ether oxygens (including phenoxy) is 2. The lowest BCUT2D eigenvalue weighted by Gasteiger charge is -2.22. The molecule has 0 aliphatic carbocycles. The van der Waals surface area contributed by atoms with Crippen LogP contribution in [0.2, 0.25) is 0 Å². The highest BCUT2D eigenvalue weighted by molar-refractivity contribution is 9.10. The first-order valence-electron chi connectivity index (χ1n) is 6.58. The van der Waals surface area contributed by atoms with Crippen LogP contribution in [0.1, 0.15) is 18.9 Å². The minimum atomic E-state index is -0.572. The molecule has 0 bridgehead atoms. The molecule has 1 saturated heterocycles. The highest BCUT2D eigenvalue weighted by Gasteiger charge is 2.30. The van der Waals surface area contributed by atoms with Crippen molar-refractivity contribution in [2.45, 2.75) is 26.1 Å². The molecule has 0 atom stereocenters. The van der Waals surface area contributed by atoms with Crippen LogP contribution < -0.4 is 10.6 Å². The lowest BCUT2D eigenvalue weighted by molar-refractivity contribution is -0.145. The van der Waals surface area contributed by atoms with Crippen molar-refractivity contribution in [3.8, 4) is 0 Å². The van der Waals surface area contributed by atoms with E-state index in [1.54, 1.807) is 0 Å².